The van der Waals surface area contributed by atoms with Gasteiger partial charge in [0.2, 0.25) is 5.82 Å². The number of piperidine rings is 1. The Labute approximate surface area is 227 Å². The highest BCUT2D eigenvalue weighted by Crippen LogP contribution is 2.36. The van der Waals surface area contributed by atoms with Gasteiger partial charge in [-0.05, 0) is 73.8 Å². The quantitative estimate of drug-likeness (QED) is 0.296. The van der Waals surface area contributed by atoms with Crippen molar-refractivity contribution >= 4 is 25.2 Å². The molecule has 0 bridgehead atoms. The lowest BCUT2D eigenvalue weighted by atomic mass is 9.86. The number of ether oxygens (including phenoxy) is 1. The minimum Gasteiger partial charge on any atom is -0.361 e. The molecule has 204 valence electrons. The lowest BCUT2D eigenvalue weighted by Gasteiger charge is -2.30. The van der Waals surface area contributed by atoms with Gasteiger partial charge in [0.05, 0.1) is 7.11 Å². The van der Waals surface area contributed by atoms with Crippen LogP contribution in [0.15, 0.2) is 30.5 Å². The monoisotopic (exact) mass is 535 g/mol. The summed E-state index contributed by atoms with van der Waals surface area (Å²) in [7, 11) is 0.507. The molecule has 1 saturated heterocycles. The second kappa shape index (κ2) is 12.9. The summed E-state index contributed by atoms with van der Waals surface area (Å²) in [4.78, 5) is 23.1. The van der Waals surface area contributed by atoms with Gasteiger partial charge in [0.15, 0.2) is 5.69 Å². The molecule has 0 atom stereocenters. The number of anilines is 1. The Balaban J connectivity index is 1.54. The molecule has 1 aromatic heterocycles. The van der Waals surface area contributed by atoms with E-state index in [-0.39, 0.29) is 24.2 Å². The van der Waals surface area contributed by atoms with Crippen LogP contribution in [0.5, 0.6) is 0 Å². The van der Waals surface area contributed by atoms with Crippen LogP contribution in [0.2, 0.25) is 25.7 Å². The number of nitriles is 1. The number of nitrogens with zero attached hydrogens (tertiary/aromatic N) is 4. The molecule has 9 heteroatoms. The first kappa shape index (κ1) is 28.2. The van der Waals surface area contributed by atoms with E-state index >= 15 is 0 Å². The lowest BCUT2D eigenvalue weighted by molar-refractivity contribution is -0.143. The maximum absolute atomic E-state index is 13.5. The fraction of sp³-hybridized carbons (Fsp3) is 0.552. The fourth-order valence-electron chi connectivity index (χ4n) is 5.11. The zero-order valence-electron chi connectivity index (χ0n) is 23.3. The molecule has 0 radical (unpaired) electrons. The normalized spacial score (nSPS) is 17.2. The molecule has 1 aliphatic carbocycles. The van der Waals surface area contributed by atoms with Gasteiger partial charge in [-0.25, -0.2) is 4.98 Å². The third kappa shape index (κ3) is 7.41. The average Bonchev–Trinajstić information content (AvgIpc) is 3.35. The van der Waals surface area contributed by atoms with Crippen molar-refractivity contribution < 1.29 is 14.4 Å². The number of benzene rings is 1. The summed E-state index contributed by atoms with van der Waals surface area (Å²) in [5.41, 5.74) is 4.68. The molecule has 0 spiro atoms. The number of hydrogen-bond acceptors (Lipinski definition) is 6. The molecule has 8 nitrogen and oxygen atoms in total. The molecule has 1 aliphatic heterocycles. The number of carbonyl (C=O) groups is 1. The van der Waals surface area contributed by atoms with Gasteiger partial charge < -0.3 is 19.5 Å². The number of hydroxylamine groups is 2. The summed E-state index contributed by atoms with van der Waals surface area (Å²) in [6.45, 7) is 9.55. The van der Waals surface area contributed by atoms with Gasteiger partial charge >= 0.3 is 0 Å². The summed E-state index contributed by atoms with van der Waals surface area (Å²) < 4.78 is 7.49. The maximum atomic E-state index is 13.5. The van der Waals surface area contributed by atoms with Crippen LogP contribution < -0.4 is 5.32 Å². The van der Waals surface area contributed by atoms with Crippen molar-refractivity contribution in [1.82, 2.24) is 14.6 Å². The zero-order valence-corrected chi connectivity index (χ0v) is 24.3. The van der Waals surface area contributed by atoms with Crippen LogP contribution in [-0.4, -0.2) is 55.4 Å². The van der Waals surface area contributed by atoms with E-state index < -0.39 is 8.07 Å². The molecular weight excluding hydrogens is 494 g/mol. The van der Waals surface area contributed by atoms with E-state index in [0.29, 0.717) is 12.5 Å². The predicted octanol–water partition coefficient (Wildman–Crippen LogP) is 6.02. The third-order valence-electron chi connectivity index (χ3n) is 7.43. The number of allylic oxidation sites excluding steroid dienone is 2. The van der Waals surface area contributed by atoms with E-state index in [0.717, 1.165) is 62.5 Å². The number of amides is 1. The van der Waals surface area contributed by atoms with Gasteiger partial charge in [0.1, 0.15) is 12.8 Å². The standard InChI is InChI=1S/C29H41N5O3Si/c1-36-34-14-12-22(13-15-34)24-10-11-27(26(18-24)23-8-6-5-7-9-23)32-29(35)28-31-25(19-30)20-33(28)21-37-16-17-38(2,3)4/h8,10-11,18,20,22H,5-7,9,12-17,21H2,1-4H3,(H,32,35). The molecule has 4 rings (SSSR count). The van der Waals surface area contributed by atoms with Gasteiger partial charge in [-0.15, -0.1) is 0 Å². The Morgan fingerprint density at radius 1 is 1.24 bits per heavy atom. The van der Waals surface area contributed by atoms with Gasteiger partial charge in [-0.2, -0.15) is 10.3 Å². The van der Waals surface area contributed by atoms with E-state index in [9.17, 15) is 10.1 Å². The first-order valence-electron chi connectivity index (χ1n) is 13.8. The fourth-order valence-corrected chi connectivity index (χ4v) is 5.87. The summed E-state index contributed by atoms with van der Waals surface area (Å²) in [6.07, 6.45) is 10.4. The van der Waals surface area contributed by atoms with Gasteiger partial charge in [-0.1, -0.05) is 31.8 Å². The molecule has 2 heterocycles. The van der Waals surface area contributed by atoms with Crippen molar-refractivity contribution in [2.75, 3.05) is 32.1 Å². The lowest BCUT2D eigenvalue weighted by Crippen LogP contribution is -2.31. The number of imidazole rings is 1. The smallest absolute Gasteiger partial charge is 0.291 e. The van der Waals surface area contributed by atoms with Crippen LogP contribution in [-0.2, 0) is 16.3 Å². The van der Waals surface area contributed by atoms with E-state index in [1.54, 1.807) is 17.9 Å². The van der Waals surface area contributed by atoms with E-state index in [1.165, 1.54) is 17.6 Å². The van der Waals surface area contributed by atoms with E-state index in [2.05, 4.69) is 54.2 Å². The third-order valence-corrected chi connectivity index (χ3v) is 9.14. The largest absolute Gasteiger partial charge is 0.361 e. The number of carbonyl (C=O) groups excluding carboxylic acids is 1. The van der Waals surface area contributed by atoms with Crippen LogP contribution in [0, 0.1) is 11.3 Å². The highest BCUT2D eigenvalue weighted by Gasteiger charge is 2.24. The molecule has 0 unspecified atom stereocenters. The second-order valence-corrected chi connectivity index (χ2v) is 17.1. The van der Waals surface area contributed by atoms with Crippen LogP contribution in [0.1, 0.15) is 71.9 Å². The van der Waals surface area contributed by atoms with E-state index in [1.807, 2.05) is 11.1 Å². The number of nitrogens with one attached hydrogen (secondary N) is 1. The van der Waals surface area contributed by atoms with Gasteiger partial charge in [0.25, 0.3) is 5.91 Å². The summed E-state index contributed by atoms with van der Waals surface area (Å²) >= 11 is 0. The molecule has 1 amide bonds. The molecule has 2 aliphatic rings. The minimum atomic E-state index is -1.22. The van der Waals surface area contributed by atoms with Crippen LogP contribution >= 0.6 is 0 Å². The van der Waals surface area contributed by atoms with Crippen molar-refractivity contribution in [1.29, 1.82) is 5.26 Å². The van der Waals surface area contributed by atoms with Crippen LogP contribution in [0.3, 0.4) is 0 Å². The second-order valence-electron chi connectivity index (χ2n) is 11.5. The summed E-state index contributed by atoms with van der Waals surface area (Å²) in [5.74, 6) is 0.327. The molecule has 1 fully saturated rings. The van der Waals surface area contributed by atoms with Crippen molar-refractivity contribution in [3.8, 4) is 6.07 Å². The van der Waals surface area contributed by atoms with Crippen LogP contribution in [0.4, 0.5) is 5.69 Å². The SMILES string of the molecule is CON1CCC(c2ccc(NC(=O)c3nc(C#N)cn3COCC[Si](C)(C)C)c(C3=CCCCC3)c2)CC1. The topological polar surface area (TPSA) is 92.4 Å². The molecule has 2 aromatic rings. The van der Waals surface area contributed by atoms with Crippen molar-refractivity contribution in [2.45, 2.75) is 76.9 Å². The van der Waals surface area contributed by atoms with Crippen molar-refractivity contribution in [3.63, 3.8) is 0 Å². The summed E-state index contributed by atoms with van der Waals surface area (Å²) in [6, 6.07) is 9.53. The Morgan fingerprint density at radius 3 is 2.68 bits per heavy atom. The van der Waals surface area contributed by atoms with Gasteiger partial charge in [0, 0.05) is 45.2 Å². The molecule has 1 N–H and O–H groups in total. The van der Waals surface area contributed by atoms with Crippen LogP contribution in [0.25, 0.3) is 5.57 Å². The first-order chi connectivity index (χ1) is 18.3. The minimum absolute atomic E-state index is 0.189. The number of aromatic nitrogens is 2. The zero-order chi connectivity index (χ0) is 27.1. The molecule has 0 saturated carbocycles. The molecule has 38 heavy (non-hydrogen) atoms. The Morgan fingerprint density at radius 2 is 2.03 bits per heavy atom. The highest BCUT2D eigenvalue weighted by molar-refractivity contribution is 6.76. The number of rotatable bonds is 10. The molecule has 1 aromatic carbocycles. The Hall–Kier alpha value is -2.77. The highest BCUT2D eigenvalue weighted by atomic mass is 28.3. The first-order valence-corrected chi connectivity index (χ1v) is 17.5. The predicted molar refractivity (Wildman–Crippen MR) is 152 cm³/mol. The Bertz CT molecular complexity index is 1190. The number of hydrogen-bond donors (Lipinski definition) is 1. The summed E-state index contributed by atoms with van der Waals surface area (Å²) in [5, 5.41) is 14.5. The maximum Gasteiger partial charge on any atom is 0.291 e. The molecular formula is C29H41N5O3Si. The van der Waals surface area contributed by atoms with Crippen molar-refractivity contribution in [2.24, 2.45) is 0 Å². The average molecular weight is 536 g/mol. The van der Waals surface area contributed by atoms with E-state index in [4.69, 9.17) is 9.57 Å². The van der Waals surface area contributed by atoms with Gasteiger partial charge in [-0.3, -0.25) is 4.79 Å². The van der Waals surface area contributed by atoms with Crippen molar-refractivity contribution in [3.05, 3.63) is 53.1 Å². The Kier molecular flexibility index (Phi) is 9.55.